The van der Waals surface area contributed by atoms with Crippen molar-refractivity contribution < 1.29 is 9.84 Å². The Morgan fingerprint density at radius 2 is 2.17 bits per heavy atom. The van der Waals surface area contributed by atoms with Crippen molar-refractivity contribution in [3.8, 4) is 23.3 Å². The van der Waals surface area contributed by atoms with E-state index in [4.69, 9.17) is 10.00 Å². The lowest BCUT2D eigenvalue weighted by Crippen LogP contribution is -2.28. The van der Waals surface area contributed by atoms with E-state index >= 15 is 0 Å². The molecule has 0 fully saturated rings. The van der Waals surface area contributed by atoms with Crippen LogP contribution in [0.1, 0.15) is 25.1 Å². The number of ether oxygens (including phenoxy) is 1. The van der Waals surface area contributed by atoms with Crippen molar-refractivity contribution in [3.05, 3.63) is 35.7 Å². The van der Waals surface area contributed by atoms with Crippen molar-refractivity contribution in [2.24, 2.45) is 0 Å². The van der Waals surface area contributed by atoms with Crippen LogP contribution in [0.5, 0.6) is 5.88 Å². The van der Waals surface area contributed by atoms with Crippen LogP contribution in [-0.4, -0.2) is 37.5 Å². The average molecular weight is 323 g/mol. The van der Waals surface area contributed by atoms with Crippen LogP contribution < -0.4 is 4.74 Å². The van der Waals surface area contributed by atoms with Crippen molar-refractivity contribution >= 4 is 10.9 Å². The van der Waals surface area contributed by atoms with Crippen LogP contribution in [0.15, 0.2) is 24.4 Å². The van der Waals surface area contributed by atoms with Gasteiger partial charge in [0.25, 0.3) is 0 Å². The topological polar surface area (TPSA) is 108 Å². The number of aryl methyl sites for hydroxylation is 1. The predicted molar refractivity (Wildman–Crippen MR) is 88.4 cm³/mol. The van der Waals surface area contributed by atoms with Crippen molar-refractivity contribution in [3.63, 3.8) is 0 Å². The molecule has 2 aromatic heterocycles. The van der Waals surface area contributed by atoms with Crippen molar-refractivity contribution in [1.82, 2.24) is 20.2 Å². The van der Waals surface area contributed by atoms with Gasteiger partial charge in [-0.2, -0.15) is 10.4 Å². The summed E-state index contributed by atoms with van der Waals surface area (Å²) in [5.41, 5.74) is 2.08. The number of para-hydroxylation sites is 1. The van der Waals surface area contributed by atoms with Crippen LogP contribution in [0, 0.1) is 18.3 Å². The summed E-state index contributed by atoms with van der Waals surface area (Å²) in [6, 6.07) is 7.55. The zero-order chi connectivity index (χ0) is 17.3. The second-order valence-electron chi connectivity index (χ2n) is 6.16. The third kappa shape index (κ3) is 3.05. The normalized spacial score (nSPS) is 11.5. The van der Waals surface area contributed by atoms with Gasteiger partial charge in [-0.25, -0.2) is 9.97 Å². The molecule has 7 heteroatoms. The Morgan fingerprint density at radius 1 is 1.38 bits per heavy atom. The zero-order valence-corrected chi connectivity index (χ0v) is 13.7. The predicted octanol–water partition coefficient (Wildman–Crippen LogP) is 2.35. The Balaban J connectivity index is 1.97. The number of hydrogen-bond acceptors (Lipinski definition) is 6. The van der Waals surface area contributed by atoms with Gasteiger partial charge in [-0.3, -0.25) is 5.10 Å². The first-order valence-corrected chi connectivity index (χ1v) is 7.45. The van der Waals surface area contributed by atoms with Gasteiger partial charge in [-0.15, -0.1) is 0 Å². The Kier molecular flexibility index (Phi) is 3.91. The van der Waals surface area contributed by atoms with E-state index in [0.29, 0.717) is 34.0 Å². The number of nitrogens with zero attached hydrogens (tertiary/aromatic N) is 4. The third-order valence-electron chi connectivity index (χ3n) is 3.43. The number of rotatable bonds is 4. The standard InChI is InChI=1S/C17H17N5O2/c1-10-16(24-9-17(2,3)23)19-8-13(20-10)15-12-6-4-5-11(7-18)14(12)21-22-15/h4-6,8,23H,9H2,1-3H3,(H,21,22). The molecule has 3 aromatic rings. The number of aromatic nitrogens is 4. The average Bonchev–Trinajstić information content (AvgIpc) is 2.96. The van der Waals surface area contributed by atoms with Gasteiger partial charge in [0.15, 0.2) is 0 Å². The Morgan fingerprint density at radius 3 is 2.83 bits per heavy atom. The van der Waals surface area contributed by atoms with E-state index in [1.165, 1.54) is 0 Å². The number of hydrogen-bond donors (Lipinski definition) is 2. The van der Waals surface area contributed by atoms with Gasteiger partial charge >= 0.3 is 0 Å². The first kappa shape index (κ1) is 15.9. The second kappa shape index (κ2) is 5.91. The first-order valence-electron chi connectivity index (χ1n) is 7.45. The van der Waals surface area contributed by atoms with E-state index in [0.717, 1.165) is 5.39 Å². The van der Waals surface area contributed by atoms with Crippen molar-refractivity contribution in [1.29, 1.82) is 5.26 Å². The quantitative estimate of drug-likeness (QED) is 0.763. The molecule has 0 aliphatic carbocycles. The molecule has 0 bridgehead atoms. The molecule has 7 nitrogen and oxygen atoms in total. The highest BCUT2D eigenvalue weighted by molar-refractivity contribution is 5.94. The molecule has 2 heterocycles. The second-order valence-corrected chi connectivity index (χ2v) is 6.16. The summed E-state index contributed by atoms with van der Waals surface area (Å²) in [7, 11) is 0. The van der Waals surface area contributed by atoms with Crippen LogP contribution in [0.2, 0.25) is 0 Å². The Labute approximate surface area is 138 Å². The molecule has 0 radical (unpaired) electrons. The van der Waals surface area contributed by atoms with Gasteiger partial charge in [0.1, 0.15) is 29.8 Å². The fourth-order valence-electron chi connectivity index (χ4n) is 2.30. The molecule has 122 valence electrons. The van der Waals surface area contributed by atoms with E-state index < -0.39 is 5.60 Å². The summed E-state index contributed by atoms with van der Waals surface area (Å²) in [5.74, 6) is 0.374. The summed E-state index contributed by atoms with van der Waals surface area (Å²) in [6.45, 7) is 5.23. The minimum atomic E-state index is -0.946. The molecular formula is C17H17N5O2. The summed E-state index contributed by atoms with van der Waals surface area (Å²) in [6.07, 6.45) is 1.57. The molecule has 0 unspecified atom stereocenters. The SMILES string of the molecule is Cc1nc(-c2n[nH]c3c(C#N)cccc23)cnc1OCC(C)(C)O. The highest BCUT2D eigenvalue weighted by Crippen LogP contribution is 2.27. The molecule has 0 saturated carbocycles. The van der Waals surface area contributed by atoms with Crippen LogP contribution >= 0.6 is 0 Å². The number of H-pyrrole nitrogens is 1. The van der Waals surface area contributed by atoms with Gasteiger partial charge in [0.2, 0.25) is 5.88 Å². The zero-order valence-electron chi connectivity index (χ0n) is 13.7. The van der Waals surface area contributed by atoms with Gasteiger partial charge < -0.3 is 9.84 Å². The molecule has 0 atom stereocenters. The molecule has 24 heavy (non-hydrogen) atoms. The van der Waals surface area contributed by atoms with E-state index in [2.05, 4.69) is 26.2 Å². The minimum absolute atomic E-state index is 0.124. The number of fused-ring (bicyclic) bond motifs is 1. The number of aliphatic hydroxyl groups is 1. The lowest BCUT2D eigenvalue weighted by atomic mass is 10.1. The lowest BCUT2D eigenvalue weighted by Gasteiger charge is -2.17. The number of nitrogens with one attached hydrogen (secondary N) is 1. The smallest absolute Gasteiger partial charge is 0.235 e. The van der Waals surface area contributed by atoms with Crippen LogP contribution in [0.3, 0.4) is 0 Å². The molecule has 0 saturated heterocycles. The maximum Gasteiger partial charge on any atom is 0.235 e. The van der Waals surface area contributed by atoms with E-state index in [1.54, 1.807) is 39.1 Å². The Bertz CT molecular complexity index is 934. The number of benzene rings is 1. The molecule has 0 aliphatic rings. The third-order valence-corrected chi connectivity index (χ3v) is 3.43. The van der Waals surface area contributed by atoms with Crippen LogP contribution in [0.25, 0.3) is 22.3 Å². The monoisotopic (exact) mass is 323 g/mol. The molecule has 3 rings (SSSR count). The maximum atomic E-state index is 9.73. The first-order chi connectivity index (χ1) is 11.4. The fraction of sp³-hybridized carbons (Fsp3) is 0.294. The number of nitriles is 1. The molecule has 2 N–H and O–H groups in total. The largest absolute Gasteiger partial charge is 0.473 e. The van der Waals surface area contributed by atoms with Crippen LogP contribution in [0.4, 0.5) is 0 Å². The highest BCUT2D eigenvalue weighted by atomic mass is 16.5. The highest BCUT2D eigenvalue weighted by Gasteiger charge is 2.17. The van der Waals surface area contributed by atoms with E-state index in [1.807, 2.05) is 6.07 Å². The van der Waals surface area contributed by atoms with Gasteiger partial charge in [0, 0.05) is 5.39 Å². The minimum Gasteiger partial charge on any atom is -0.473 e. The summed E-state index contributed by atoms with van der Waals surface area (Å²) >= 11 is 0. The molecule has 0 aliphatic heterocycles. The lowest BCUT2D eigenvalue weighted by molar-refractivity contribution is 0.0264. The summed E-state index contributed by atoms with van der Waals surface area (Å²) in [5, 5.41) is 26.9. The summed E-state index contributed by atoms with van der Waals surface area (Å²) in [4.78, 5) is 8.76. The van der Waals surface area contributed by atoms with E-state index in [9.17, 15) is 5.11 Å². The Hall–Kier alpha value is -2.98. The van der Waals surface area contributed by atoms with E-state index in [-0.39, 0.29) is 6.61 Å². The summed E-state index contributed by atoms with van der Waals surface area (Å²) < 4.78 is 5.50. The fourth-order valence-corrected chi connectivity index (χ4v) is 2.30. The van der Waals surface area contributed by atoms with Gasteiger partial charge in [0.05, 0.1) is 22.9 Å². The molecular weight excluding hydrogens is 306 g/mol. The van der Waals surface area contributed by atoms with Crippen molar-refractivity contribution in [2.45, 2.75) is 26.4 Å². The maximum absolute atomic E-state index is 9.73. The van der Waals surface area contributed by atoms with Gasteiger partial charge in [-0.1, -0.05) is 12.1 Å². The number of aromatic amines is 1. The van der Waals surface area contributed by atoms with Gasteiger partial charge in [-0.05, 0) is 26.8 Å². The van der Waals surface area contributed by atoms with Crippen LogP contribution in [-0.2, 0) is 0 Å². The molecule has 1 aromatic carbocycles. The molecule has 0 amide bonds. The molecule has 0 spiro atoms. The van der Waals surface area contributed by atoms with Crippen molar-refractivity contribution in [2.75, 3.05) is 6.61 Å².